The van der Waals surface area contributed by atoms with Gasteiger partial charge in [0.2, 0.25) is 5.91 Å². The van der Waals surface area contributed by atoms with E-state index < -0.39 is 6.04 Å². The number of rotatable bonds is 8. The van der Waals surface area contributed by atoms with Gasteiger partial charge in [-0.3, -0.25) is 4.79 Å². The summed E-state index contributed by atoms with van der Waals surface area (Å²) in [4.78, 5) is 14.1. The lowest BCUT2D eigenvalue weighted by atomic mass is 9.98. The summed E-state index contributed by atoms with van der Waals surface area (Å²) in [7, 11) is 1.65. The van der Waals surface area contributed by atoms with Gasteiger partial charge in [-0.1, -0.05) is 34.1 Å². The Bertz CT molecular complexity index is 219. The van der Waals surface area contributed by atoms with E-state index in [1.807, 2.05) is 11.8 Å². The van der Waals surface area contributed by atoms with Crippen molar-refractivity contribution in [1.29, 1.82) is 0 Å². The van der Waals surface area contributed by atoms with Gasteiger partial charge in [0.25, 0.3) is 0 Å². The molecule has 1 amide bonds. The lowest BCUT2D eigenvalue weighted by Crippen LogP contribution is -2.49. The van der Waals surface area contributed by atoms with E-state index in [2.05, 4.69) is 20.8 Å². The highest BCUT2D eigenvalue weighted by Gasteiger charge is 2.25. The summed E-state index contributed by atoms with van der Waals surface area (Å²) >= 11 is 0. The van der Waals surface area contributed by atoms with Crippen LogP contribution in [0.25, 0.3) is 0 Å². The number of nitrogens with two attached hydrogens (primary N) is 1. The Hall–Kier alpha value is -0.610. The van der Waals surface area contributed by atoms with E-state index in [4.69, 9.17) is 10.5 Å². The zero-order valence-electron chi connectivity index (χ0n) is 11.9. The molecule has 0 fully saturated rings. The third-order valence-electron chi connectivity index (χ3n) is 3.00. The van der Waals surface area contributed by atoms with E-state index in [0.717, 1.165) is 13.0 Å². The number of carbonyl (C=O) groups excluding carboxylic acids is 1. The van der Waals surface area contributed by atoms with Gasteiger partial charge in [0.1, 0.15) is 0 Å². The molecule has 2 unspecified atom stereocenters. The lowest BCUT2D eigenvalue weighted by molar-refractivity contribution is -0.135. The van der Waals surface area contributed by atoms with E-state index in [0.29, 0.717) is 19.1 Å². The van der Waals surface area contributed by atoms with Crippen LogP contribution in [0.15, 0.2) is 0 Å². The number of nitrogens with zero attached hydrogens (tertiary/aromatic N) is 1. The van der Waals surface area contributed by atoms with Crippen molar-refractivity contribution < 1.29 is 9.53 Å². The first-order valence-corrected chi connectivity index (χ1v) is 6.47. The average molecular weight is 244 g/mol. The molecular formula is C13H28N2O2. The molecule has 0 heterocycles. The molecule has 4 nitrogen and oxygen atoms in total. The van der Waals surface area contributed by atoms with E-state index >= 15 is 0 Å². The number of carbonyl (C=O) groups is 1. The Morgan fingerprint density at radius 3 is 2.35 bits per heavy atom. The molecule has 0 aromatic carbocycles. The second kappa shape index (κ2) is 8.48. The minimum atomic E-state index is -0.393. The largest absolute Gasteiger partial charge is 0.383 e. The van der Waals surface area contributed by atoms with Crippen molar-refractivity contribution in [2.75, 3.05) is 26.8 Å². The van der Waals surface area contributed by atoms with Crippen LogP contribution in [0.2, 0.25) is 0 Å². The molecular weight excluding hydrogens is 216 g/mol. The molecule has 0 aliphatic carbocycles. The summed E-state index contributed by atoms with van der Waals surface area (Å²) in [6, 6.07) is -0.393. The summed E-state index contributed by atoms with van der Waals surface area (Å²) in [5, 5.41) is 0. The number of hydrogen-bond acceptors (Lipinski definition) is 3. The molecule has 17 heavy (non-hydrogen) atoms. The van der Waals surface area contributed by atoms with E-state index in [1.165, 1.54) is 0 Å². The van der Waals surface area contributed by atoms with Crippen molar-refractivity contribution in [2.45, 2.75) is 40.2 Å². The lowest BCUT2D eigenvalue weighted by Gasteiger charge is -2.29. The molecule has 0 aromatic heterocycles. The summed E-state index contributed by atoms with van der Waals surface area (Å²) in [5.74, 6) is 0.713. The maximum absolute atomic E-state index is 12.2. The van der Waals surface area contributed by atoms with Gasteiger partial charge < -0.3 is 15.4 Å². The molecule has 0 rings (SSSR count). The van der Waals surface area contributed by atoms with Crippen LogP contribution in [0.5, 0.6) is 0 Å². The zero-order valence-corrected chi connectivity index (χ0v) is 11.9. The quantitative estimate of drug-likeness (QED) is 0.704. The van der Waals surface area contributed by atoms with Crippen LogP contribution in [0.4, 0.5) is 0 Å². The molecule has 0 aliphatic rings. The van der Waals surface area contributed by atoms with Gasteiger partial charge in [-0.2, -0.15) is 0 Å². The molecule has 0 bridgehead atoms. The van der Waals surface area contributed by atoms with Crippen molar-refractivity contribution in [3.63, 3.8) is 0 Å². The maximum Gasteiger partial charge on any atom is 0.239 e. The minimum Gasteiger partial charge on any atom is -0.383 e. The monoisotopic (exact) mass is 244 g/mol. The zero-order chi connectivity index (χ0) is 13.4. The predicted molar refractivity (Wildman–Crippen MR) is 70.7 cm³/mol. The fourth-order valence-electron chi connectivity index (χ4n) is 1.64. The summed E-state index contributed by atoms with van der Waals surface area (Å²) in [5.41, 5.74) is 5.99. The number of ether oxygens (including phenoxy) is 1. The fourth-order valence-corrected chi connectivity index (χ4v) is 1.64. The van der Waals surface area contributed by atoms with Crippen molar-refractivity contribution in [1.82, 2.24) is 4.90 Å². The van der Waals surface area contributed by atoms with Crippen LogP contribution in [0, 0.1) is 11.8 Å². The highest BCUT2D eigenvalue weighted by atomic mass is 16.5. The van der Waals surface area contributed by atoms with E-state index in [1.54, 1.807) is 7.11 Å². The van der Waals surface area contributed by atoms with Gasteiger partial charge in [0, 0.05) is 20.2 Å². The van der Waals surface area contributed by atoms with Crippen molar-refractivity contribution in [3.05, 3.63) is 0 Å². The fraction of sp³-hybridized carbons (Fsp3) is 0.923. The van der Waals surface area contributed by atoms with Crippen molar-refractivity contribution >= 4 is 5.91 Å². The Balaban J connectivity index is 4.49. The van der Waals surface area contributed by atoms with Crippen LogP contribution in [0.1, 0.15) is 34.1 Å². The normalized spacial score (nSPS) is 14.8. The van der Waals surface area contributed by atoms with E-state index in [-0.39, 0.29) is 11.8 Å². The maximum atomic E-state index is 12.2. The third-order valence-corrected chi connectivity index (χ3v) is 3.00. The minimum absolute atomic E-state index is 0.0464. The van der Waals surface area contributed by atoms with Crippen LogP contribution >= 0.6 is 0 Å². The highest BCUT2D eigenvalue weighted by Crippen LogP contribution is 2.10. The van der Waals surface area contributed by atoms with Crippen LogP contribution in [-0.2, 0) is 9.53 Å². The van der Waals surface area contributed by atoms with Gasteiger partial charge in [-0.15, -0.1) is 0 Å². The molecule has 4 heteroatoms. The number of amides is 1. The Kier molecular flexibility index (Phi) is 8.17. The van der Waals surface area contributed by atoms with Gasteiger partial charge in [0.15, 0.2) is 0 Å². The van der Waals surface area contributed by atoms with Crippen LogP contribution in [-0.4, -0.2) is 43.7 Å². The number of hydrogen-bond donors (Lipinski definition) is 1. The van der Waals surface area contributed by atoms with Gasteiger partial charge in [-0.25, -0.2) is 0 Å². The molecule has 0 spiro atoms. The predicted octanol–water partition coefficient (Wildman–Crippen LogP) is 1.49. The second-order valence-corrected chi connectivity index (χ2v) is 5.08. The molecule has 0 aliphatic heterocycles. The topological polar surface area (TPSA) is 55.6 Å². The highest BCUT2D eigenvalue weighted by molar-refractivity contribution is 5.82. The first-order valence-electron chi connectivity index (χ1n) is 6.47. The number of methoxy groups -OCH3 is 1. The van der Waals surface area contributed by atoms with E-state index in [9.17, 15) is 4.79 Å². The molecule has 0 radical (unpaired) electrons. The molecule has 2 N–H and O–H groups in total. The van der Waals surface area contributed by atoms with Gasteiger partial charge in [0.05, 0.1) is 12.6 Å². The molecule has 0 saturated heterocycles. The summed E-state index contributed by atoms with van der Waals surface area (Å²) in [6.45, 7) is 10.2. The Morgan fingerprint density at radius 2 is 1.94 bits per heavy atom. The van der Waals surface area contributed by atoms with Crippen LogP contribution in [0.3, 0.4) is 0 Å². The first-order chi connectivity index (χ1) is 7.93. The van der Waals surface area contributed by atoms with Crippen LogP contribution < -0.4 is 5.73 Å². The molecule has 102 valence electrons. The van der Waals surface area contributed by atoms with Crippen molar-refractivity contribution in [3.8, 4) is 0 Å². The third kappa shape index (κ3) is 6.03. The SMILES string of the molecule is CCC(C)C(N)C(=O)N(CCOC)CC(C)C. The average Bonchev–Trinajstić information content (AvgIpc) is 2.31. The second-order valence-electron chi connectivity index (χ2n) is 5.08. The molecule has 2 atom stereocenters. The Labute approximate surface area is 105 Å². The molecule has 0 saturated carbocycles. The summed E-state index contributed by atoms with van der Waals surface area (Å²) < 4.78 is 5.04. The molecule has 0 aromatic rings. The van der Waals surface area contributed by atoms with Gasteiger partial charge >= 0.3 is 0 Å². The first kappa shape index (κ1) is 16.4. The van der Waals surface area contributed by atoms with Gasteiger partial charge in [-0.05, 0) is 11.8 Å². The standard InChI is InChI=1S/C13H28N2O2/c1-6-11(4)12(14)13(16)15(7-8-17-5)9-10(2)3/h10-12H,6-9,14H2,1-5H3. The summed E-state index contributed by atoms with van der Waals surface area (Å²) in [6.07, 6.45) is 0.923. The Morgan fingerprint density at radius 1 is 1.35 bits per heavy atom. The van der Waals surface area contributed by atoms with Crippen molar-refractivity contribution in [2.24, 2.45) is 17.6 Å². The smallest absolute Gasteiger partial charge is 0.239 e.